The van der Waals surface area contributed by atoms with Crippen LogP contribution < -0.4 is 5.32 Å². The van der Waals surface area contributed by atoms with Crippen LogP contribution in [0.5, 0.6) is 0 Å². The lowest BCUT2D eigenvalue weighted by Crippen LogP contribution is -2.37. The van der Waals surface area contributed by atoms with Crippen LogP contribution in [0, 0.1) is 5.92 Å². The first-order chi connectivity index (χ1) is 10.3. The molecule has 2 unspecified atom stereocenters. The number of unbranched alkanes of at least 4 members (excludes halogenated alkanes) is 1. The molecule has 0 spiro atoms. The molecule has 1 aromatic carbocycles. The molecule has 1 aromatic rings. The van der Waals surface area contributed by atoms with E-state index >= 15 is 0 Å². The van der Waals surface area contributed by atoms with E-state index in [2.05, 4.69) is 36.5 Å². The molecular formula is C19H29NO. The van der Waals surface area contributed by atoms with Gasteiger partial charge in [-0.05, 0) is 43.6 Å². The molecule has 1 saturated carbocycles. The molecule has 1 amide bonds. The van der Waals surface area contributed by atoms with Gasteiger partial charge in [-0.2, -0.15) is 0 Å². The van der Waals surface area contributed by atoms with Crippen molar-refractivity contribution in [1.82, 2.24) is 5.32 Å². The van der Waals surface area contributed by atoms with Gasteiger partial charge in [-0.3, -0.25) is 4.79 Å². The Balaban J connectivity index is 1.66. The van der Waals surface area contributed by atoms with Gasteiger partial charge in [-0.25, -0.2) is 0 Å². The first-order valence-electron chi connectivity index (χ1n) is 8.63. The summed E-state index contributed by atoms with van der Waals surface area (Å²) in [7, 11) is 0. The molecule has 0 aliphatic heterocycles. The van der Waals surface area contributed by atoms with Crippen LogP contribution in [0.25, 0.3) is 0 Å². The number of hydrogen-bond donors (Lipinski definition) is 1. The Kier molecular flexibility index (Phi) is 6.78. The molecule has 0 heterocycles. The Morgan fingerprint density at radius 2 is 2.00 bits per heavy atom. The summed E-state index contributed by atoms with van der Waals surface area (Å²) in [4.78, 5) is 12.1. The standard InChI is InChI=1S/C19H29NO/c1-2-3-12-17-13-8-14-18(17)20-19(21)15-7-11-16-9-5-4-6-10-16/h4-6,9-10,17-18H,2-3,7-8,11-15H2,1H3,(H,20,21). The molecule has 2 rings (SSSR count). The fourth-order valence-electron chi connectivity index (χ4n) is 3.42. The molecule has 1 N–H and O–H groups in total. The van der Waals surface area contributed by atoms with Crippen LogP contribution in [0.3, 0.4) is 0 Å². The van der Waals surface area contributed by atoms with Crippen LogP contribution in [0.1, 0.15) is 63.9 Å². The van der Waals surface area contributed by atoms with E-state index in [0.717, 1.165) is 18.8 Å². The normalized spacial score (nSPS) is 21.4. The zero-order valence-electron chi connectivity index (χ0n) is 13.3. The zero-order chi connectivity index (χ0) is 14.9. The highest BCUT2D eigenvalue weighted by Gasteiger charge is 2.27. The molecule has 116 valence electrons. The lowest BCUT2D eigenvalue weighted by molar-refractivity contribution is -0.122. The van der Waals surface area contributed by atoms with E-state index < -0.39 is 0 Å². The van der Waals surface area contributed by atoms with Crippen LogP contribution in [-0.2, 0) is 11.2 Å². The summed E-state index contributed by atoms with van der Waals surface area (Å²) in [5, 5.41) is 3.29. The van der Waals surface area contributed by atoms with E-state index in [0.29, 0.717) is 12.5 Å². The summed E-state index contributed by atoms with van der Waals surface area (Å²) in [5.41, 5.74) is 1.33. The smallest absolute Gasteiger partial charge is 0.220 e. The molecule has 1 aliphatic rings. The van der Waals surface area contributed by atoms with Crippen LogP contribution in [0.2, 0.25) is 0 Å². The maximum absolute atomic E-state index is 12.1. The van der Waals surface area contributed by atoms with E-state index in [-0.39, 0.29) is 5.91 Å². The average molecular weight is 287 g/mol. The quantitative estimate of drug-likeness (QED) is 0.750. The predicted molar refractivity (Wildman–Crippen MR) is 88.2 cm³/mol. The molecule has 1 aliphatic carbocycles. The lowest BCUT2D eigenvalue weighted by Gasteiger charge is -2.20. The number of aryl methyl sites for hydroxylation is 1. The number of rotatable bonds is 8. The molecular weight excluding hydrogens is 258 g/mol. The Labute approximate surface area is 129 Å². The van der Waals surface area contributed by atoms with Gasteiger partial charge in [0.05, 0.1) is 0 Å². The van der Waals surface area contributed by atoms with Crippen LogP contribution in [0.15, 0.2) is 30.3 Å². The summed E-state index contributed by atoms with van der Waals surface area (Å²) < 4.78 is 0. The molecule has 1 fully saturated rings. The SMILES string of the molecule is CCCCC1CCCC1NC(=O)CCCc1ccccc1. The van der Waals surface area contributed by atoms with Gasteiger partial charge in [0.1, 0.15) is 0 Å². The number of hydrogen-bond acceptors (Lipinski definition) is 1. The van der Waals surface area contributed by atoms with Crippen molar-refractivity contribution in [1.29, 1.82) is 0 Å². The van der Waals surface area contributed by atoms with E-state index in [1.807, 2.05) is 6.07 Å². The van der Waals surface area contributed by atoms with Crippen molar-refractivity contribution >= 4 is 5.91 Å². The maximum atomic E-state index is 12.1. The number of amides is 1. The van der Waals surface area contributed by atoms with Gasteiger partial charge in [-0.15, -0.1) is 0 Å². The van der Waals surface area contributed by atoms with Gasteiger partial charge in [0.2, 0.25) is 5.91 Å². The maximum Gasteiger partial charge on any atom is 0.220 e. The van der Waals surface area contributed by atoms with Crippen molar-refractivity contribution in [3.8, 4) is 0 Å². The van der Waals surface area contributed by atoms with Gasteiger partial charge in [0.15, 0.2) is 0 Å². The largest absolute Gasteiger partial charge is 0.353 e. The Hall–Kier alpha value is -1.31. The molecule has 21 heavy (non-hydrogen) atoms. The van der Waals surface area contributed by atoms with E-state index in [1.165, 1.54) is 44.1 Å². The minimum absolute atomic E-state index is 0.249. The topological polar surface area (TPSA) is 29.1 Å². The molecule has 0 radical (unpaired) electrons. The van der Waals surface area contributed by atoms with Crippen molar-refractivity contribution in [2.45, 2.75) is 70.8 Å². The van der Waals surface area contributed by atoms with Crippen molar-refractivity contribution in [2.75, 3.05) is 0 Å². The average Bonchev–Trinajstić information content (AvgIpc) is 2.93. The van der Waals surface area contributed by atoms with Crippen molar-refractivity contribution < 1.29 is 4.79 Å². The Morgan fingerprint density at radius 3 is 2.76 bits per heavy atom. The number of benzene rings is 1. The second-order valence-electron chi connectivity index (χ2n) is 6.35. The Morgan fingerprint density at radius 1 is 1.19 bits per heavy atom. The van der Waals surface area contributed by atoms with Gasteiger partial charge in [0, 0.05) is 12.5 Å². The Bertz CT molecular complexity index is 415. The summed E-state index contributed by atoms with van der Waals surface area (Å²) in [6.45, 7) is 2.24. The highest BCUT2D eigenvalue weighted by atomic mass is 16.1. The molecule has 2 atom stereocenters. The second kappa shape index (κ2) is 8.86. The van der Waals surface area contributed by atoms with Gasteiger partial charge >= 0.3 is 0 Å². The molecule has 0 bridgehead atoms. The fraction of sp³-hybridized carbons (Fsp3) is 0.632. The van der Waals surface area contributed by atoms with Crippen LogP contribution in [-0.4, -0.2) is 11.9 Å². The molecule has 0 aromatic heterocycles. The third-order valence-electron chi connectivity index (χ3n) is 4.65. The first-order valence-corrected chi connectivity index (χ1v) is 8.63. The van der Waals surface area contributed by atoms with E-state index in [9.17, 15) is 4.79 Å². The number of carbonyl (C=O) groups is 1. The van der Waals surface area contributed by atoms with Crippen LogP contribution >= 0.6 is 0 Å². The van der Waals surface area contributed by atoms with Gasteiger partial charge < -0.3 is 5.32 Å². The summed E-state index contributed by atoms with van der Waals surface area (Å²) >= 11 is 0. The molecule has 0 saturated heterocycles. The van der Waals surface area contributed by atoms with Crippen molar-refractivity contribution in [2.24, 2.45) is 5.92 Å². The molecule has 2 heteroatoms. The van der Waals surface area contributed by atoms with Gasteiger partial charge in [0.25, 0.3) is 0 Å². The van der Waals surface area contributed by atoms with E-state index in [4.69, 9.17) is 0 Å². The first kappa shape index (κ1) is 16.1. The summed E-state index contributed by atoms with van der Waals surface area (Å²) in [6.07, 6.45) is 10.2. The summed E-state index contributed by atoms with van der Waals surface area (Å²) in [5.74, 6) is 0.974. The van der Waals surface area contributed by atoms with Gasteiger partial charge in [-0.1, -0.05) is 56.5 Å². The van der Waals surface area contributed by atoms with E-state index in [1.54, 1.807) is 0 Å². The fourth-order valence-corrected chi connectivity index (χ4v) is 3.42. The minimum atomic E-state index is 0.249. The van der Waals surface area contributed by atoms with Crippen LogP contribution in [0.4, 0.5) is 0 Å². The highest BCUT2D eigenvalue weighted by Crippen LogP contribution is 2.29. The minimum Gasteiger partial charge on any atom is -0.353 e. The predicted octanol–water partition coefficient (Wildman–Crippen LogP) is 4.48. The highest BCUT2D eigenvalue weighted by molar-refractivity contribution is 5.76. The second-order valence-corrected chi connectivity index (χ2v) is 6.35. The third-order valence-corrected chi connectivity index (χ3v) is 4.65. The number of carbonyl (C=O) groups excluding carboxylic acids is 1. The molecule has 2 nitrogen and oxygen atoms in total. The summed E-state index contributed by atoms with van der Waals surface area (Å²) in [6, 6.07) is 10.9. The monoisotopic (exact) mass is 287 g/mol. The van der Waals surface area contributed by atoms with Crippen molar-refractivity contribution in [3.05, 3.63) is 35.9 Å². The third kappa shape index (κ3) is 5.53. The zero-order valence-corrected chi connectivity index (χ0v) is 13.3. The lowest BCUT2D eigenvalue weighted by atomic mass is 9.96. The number of nitrogens with one attached hydrogen (secondary N) is 1. The van der Waals surface area contributed by atoms with Crippen molar-refractivity contribution in [3.63, 3.8) is 0 Å².